The Morgan fingerprint density at radius 2 is 2.06 bits per heavy atom. The average molecular weight is 226 g/mol. The van der Waals surface area contributed by atoms with E-state index in [1.807, 2.05) is 0 Å². The number of carbonyl (C=O) groups excluding carboxylic acids is 1. The van der Waals surface area contributed by atoms with Crippen LogP contribution in [0.1, 0.15) is 40.0 Å². The van der Waals surface area contributed by atoms with Crippen LogP contribution in [-0.2, 0) is 9.53 Å². The lowest BCUT2D eigenvalue weighted by molar-refractivity contribution is -0.154. The molecule has 0 saturated heterocycles. The summed E-state index contributed by atoms with van der Waals surface area (Å²) in [6, 6.07) is 0. The number of hydrogen-bond acceptors (Lipinski definition) is 3. The smallest absolute Gasteiger partial charge is 0.373 e. The molecule has 0 aromatic heterocycles. The molecule has 92 valence electrons. The molecule has 16 heavy (non-hydrogen) atoms. The van der Waals surface area contributed by atoms with Gasteiger partial charge in [0.1, 0.15) is 6.10 Å². The van der Waals surface area contributed by atoms with Crippen LogP contribution in [0.2, 0.25) is 0 Å². The summed E-state index contributed by atoms with van der Waals surface area (Å²) >= 11 is 0. The van der Waals surface area contributed by atoms with Gasteiger partial charge in [-0.1, -0.05) is 27.2 Å². The lowest BCUT2D eigenvalue weighted by atomic mass is 9.75. The molecule has 1 rings (SSSR count). The molecule has 3 heteroatoms. The molecule has 0 aromatic rings. The predicted octanol–water partition coefficient (Wildman–Crippen LogP) is 3.06. The zero-order chi connectivity index (χ0) is 12.3. The molecular formula is C13H22O3. The molecule has 0 amide bonds. The minimum absolute atomic E-state index is 0.0693. The van der Waals surface area contributed by atoms with Gasteiger partial charge in [-0.25, -0.2) is 4.79 Å². The third kappa shape index (κ3) is 3.26. The van der Waals surface area contributed by atoms with Gasteiger partial charge in [0.05, 0.1) is 0 Å². The molecule has 1 aliphatic carbocycles. The van der Waals surface area contributed by atoms with Gasteiger partial charge in [-0.15, -0.1) is 0 Å². The summed E-state index contributed by atoms with van der Waals surface area (Å²) in [6.07, 6.45) is 3.10. The van der Waals surface area contributed by atoms with Crippen molar-refractivity contribution in [1.29, 1.82) is 0 Å². The van der Waals surface area contributed by atoms with Gasteiger partial charge in [-0.2, -0.15) is 0 Å². The van der Waals surface area contributed by atoms with Crippen molar-refractivity contribution in [2.45, 2.75) is 46.1 Å². The summed E-state index contributed by atoms with van der Waals surface area (Å²) in [5.74, 6) is 0.307. The van der Waals surface area contributed by atoms with E-state index in [9.17, 15) is 4.79 Å². The van der Waals surface area contributed by atoms with E-state index in [2.05, 4.69) is 27.4 Å². The summed E-state index contributed by atoms with van der Waals surface area (Å²) in [6.45, 7) is 9.66. The van der Waals surface area contributed by atoms with Crippen LogP contribution in [0.3, 0.4) is 0 Å². The molecular weight excluding hydrogens is 204 g/mol. The predicted molar refractivity (Wildman–Crippen MR) is 63.0 cm³/mol. The van der Waals surface area contributed by atoms with E-state index in [0.717, 1.165) is 12.8 Å². The summed E-state index contributed by atoms with van der Waals surface area (Å²) < 4.78 is 5.31. The highest BCUT2D eigenvalue weighted by Crippen LogP contribution is 2.35. The van der Waals surface area contributed by atoms with E-state index in [1.165, 1.54) is 6.42 Å². The number of rotatable bonds is 3. The van der Waals surface area contributed by atoms with Crippen LogP contribution in [0, 0.1) is 17.8 Å². The third-order valence-electron chi connectivity index (χ3n) is 3.46. The first-order valence-electron chi connectivity index (χ1n) is 6.00. The standard InChI is InChI=1S/C13H22O3/c1-8(2)11-6-5-9(3)7-12(11)16-13(15)10(4)14/h8-9,11-12,14H,4-7H2,1-3H3. The summed E-state index contributed by atoms with van der Waals surface area (Å²) in [5, 5.41) is 8.97. The van der Waals surface area contributed by atoms with E-state index in [4.69, 9.17) is 9.84 Å². The van der Waals surface area contributed by atoms with Crippen LogP contribution in [0.5, 0.6) is 0 Å². The van der Waals surface area contributed by atoms with Crippen molar-refractivity contribution in [2.75, 3.05) is 0 Å². The summed E-state index contributed by atoms with van der Waals surface area (Å²) in [4.78, 5) is 11.3. The minimum atomic E-state index is -0.676. The maximum atomic E-state index is 11.3. The van der Waals surface area contributed by atoms with Crippen molar-refractivity contribution in [3.8, 4) is 0 Å². The first kappa shape index (κ1) is 13.1. The molecule has 3 unspecified atom stereocenters. The topological polar surface area (TPSA) is 46.5 Å². The Hall–Kier alpha value is -0.990. The average Bonchev–Trinajstić information content (AvgIpc) is 2.16. The number of ether oxygens (including phenoxy) is 1. The van der Waals surface area contributed by atoms with Gasteiger partial charge in [0.25, 0.3) is 0 Å². The van der Waals surface area contributed by atoms with E-state index < -0.39 is 11.7 Å². The fraction of sp³-hybridized carbons (Fsp3) is 0.769. The van der Waals surface area contributed by atoms with Crippen molar-refractivity contribution in [2.24, 2.45) is 17.8 Å². The number of aliphatic hydroxyl groups excluding tert-OH is 1. The first-order valence-corrected chi connectivity index (χ1v) is 6.00. The Morgan fingerprint density at radius 1 is 1.44 bits per heavy atom. The van der Waals surface area contributed by atoms with Gasteiger partial charge in [-0.05, 0) is 37.2 Å². The molecule has 0 aliphatic heterocycles. The highest BCUT2D eigenvalue weighted by atomic mass is 16.6. The van der Waals surface area contributed by atoms with Crippen molar-refractivity contribution < 1.29 is 14.6 Å². The quantitative estimate of drug-likeness (QED) is 0.457. The molecule has 1 fully saturated rings. The van der Waals surface area contributed by atoms with Crippen LogP contribution in [-0.4, -0.2) is 17.2 Å². The number of esters is 1. The molecule has 1 N–H and O–H groups in total. The molecule has 0 spiro atoms. The Morgan fingerprint density at radius 3 is 2.56 bits per heavy atom. The highest BCUT2D eigenvalue weighted by Gasteiger charge is 2.33. The molecule has 0 heterocycles. The largest absolute Gasteiger partial charge is 0.502 e. The van der Waals surface area contributed by atoms with E-state index >= 15 is 0 Å². The number of carbonyl (C=O) groups is 1. The SMILES string of the molecule is C=C(O)C(=O)OC1CC(C)CCC1C(C)C. The lowest BCUT2D eigenvalue weighted by Crippen LogP contribution is -2.36. The van der Waals surface area contributed by atoms with Crippen LogP contribution in [0.25, 0.3) is 0 Å². The summed E-state index contributed by atoms with van der Waals surface area (Å²) in [7, 11) is 0. The van der Waals surface area contributed by atoms with Gasteiger partial charge < -0.3 is 9.84 Å². The molecule has 1 aliphatic rings. The Balaban J connectivity index is 2.64. The maximum absolute atomic E-state index is 11.3. The normalized spacial score (nSPS) is 30.1. The highest BCUT2D eigenvalue weighted by molar-refractivity contribution is 5.85. The van der Waals surface area contributed by atoms with E-state index in [-0.39, 0.29) is 6.10 Å². The molecule has 0 radical (unpaired) electrons. The van der Waals surface area contributed by atoms with Gasteiger partial charge in [-0.3, -0.25) is 0 Å². The lowest BCUT2D eigenvalue weighted by Gasteiger charge is -2.36. The Bertz CT molecular complexity index is 270. The fourth-order valence-corrected chi connectivity index (χ4v) is 2.46. The molecule has 0 bridgehead atoms. The van der Waals surface area contributed by atoms with Crippen molar-refractivity contribution >= 4 is 5.97 Å². The summed E-state index contributed by atoms with van der Waals surface area (Å²) in [5.41, 5.74) is 0. The van der Waals surface area contributed by atoms with Gasteiger partial charge in [0, 0.05) is 0 Å². The van der Waals surface area contributed by atoms with Crippen molar-refractivity contribution in [3.63, 3.8) is 0 Å². The van der Waals surface area contributed by atoms with Crippen LogP contribution in [0.4, 0.5) is 0 Å². The van der Waals surface area contributed by atoms with E-state index in [0.29, 0.717) is 17.8 Å². The van der Waals surface area contributed by atoms with Crippen LogP contribution in [0.15, 0.2) is 12.3 Å². The first-order chi connectivity index (χ1) is 7.41. The van der Waals surface area contributed by atoms with Gasteiger partial charge in [0.15, 0.2) is 5.76 Å². The van der Waals surface area contributed by atoms with Crippen LogP contribution < -0.4 is 0 Å². The second kappa shape index (κ2) is 5.37. The fourth-order valence-electron chi connectivity index (χ4n) is 2.46. The zero-order valence-electron chi connectivity index (χ0n) is 10.4. The number of aliphatic hydroxyl groups is 1. The second-order valence-corrected chi connectivity index (χ2v) is 5.22. The minimum Gasteiger partial charge on any atom is -0.502 e. The van der Waals surface area contributed by atoms with Gasteiger partial charge >= 0.3 is 5.97 Å². The van der Waals surface area contributed by atoms with Crippen molar-refractivity contribution in [3.05, 3.63) is 12.3 Å². The van der Waals surface area contributed by atoms with Crippen molar-refractivity contribution in [1.82, 2.24) is 0 Å². The Labute approximate surface area is 97.5 Å². The number of hydrogen-bond donors (Lipinski definition) is 1. The van der Waals surface area contributed by atoms with E-state index in [1.54, 1.807) is 0 Å². The maximum Gasteiger partial charge on any atom is 0.373 e. The van der Waals surface area contributed by atoms with Gasteiger partial charge in [0.2, 0.25) is 0 Å². The monoisotopic (exact) mass is 226 g/mol. The Kier molecular flexibility index (Phi) is 4.39. The van der Waals surface area contributed by atoms with Crippen LogP contribution >= 0.6 is 0 Å². The third-order valence-corrected chi connectivity index (χ3v) is 3.46. The molecule has 3 nitrogen and oxygen atoms in total. The zero-order valence-corrected chi connectivity index (χ0v) is 10.4. The molecule has 3 atom stereocenters. The second-order valence-electron chi connectivity index (χ2n) is 5.22. The molecule has 1 saturated carbocycles. The molecule has 0 aromatic carbocycles.